The largest absolute Gasteiger partial charge is 0.466 e. The minimum Gasteiger partial charge on any atom is -0.466 e. The molecule has 0 fully saturated rings. The average molecular weight is 251 g/mol. The fourth-order valence-electron chi connectivity index (χ4n) is 1.41. The molecule has 0 aromatic carbocycles. The molecule has 0 bridgehead atoms. The van der Waals surface area contributed by atoms with Crippen molar-refractivity contribution in [1.29, 1.82) is 0 Å². The maximum Gasteiger partial charge on any atom is 0.351 e. The van der Waals surface area contributed by atoms with Crippen molar-refractivity contribution in [2.24, 2.45) is 0 Å². The Hall–Kier alpha value is -1.91. The van der Waals surface area contributed by atoms with E-state index in [2.05, 4.69) is 9.72 Å². The van der Waals surface area contributed by atoms with Crippen molar-refractivity contribution in [3.05, 3.63) is 30.1 Å². The molecular formula is C13H17NO4. The molecule has 98 valence electrons. The van der Waals surface area contributed by atoms with E-state index in [1.54, 1.807) is 12.1 Å². The second kappa shape index (κ2) is 7.42. The van der Waals surface area contributed by atoms with Gasteiger partial charge in [0.25, 0.3) is 0 Å². The van der Waals surface area contributed by atoms with Gasteiger partial charge in [0.2, 0.25) is 6.10 Å². The van der Waals surface area contributed by atoms with Gasteiger partial charge < -0.3 is 9.47 Å². The Bertz CT molecular complexity index is 391. The molecule has 0 aliphatic rings. The number of rotatable bonds is 6. The van der Waals surface area contributed by atoms with Gasteiger partial charge in [0.15, 0.2) is 0 Å². The molecule has 18 heavy (non-hydrogen) atoms. The van der Waals surface area contributed by atoms with Crippen LogP contribution in [0.2, 0.25) is 0 Å². The Kier molecular flexibility index (Phi) is 5.84. The Morgan fingerprint density at radius 1 is 1.33 bits per heavy atom. The van der Waals surface area contributed by atoms with Crippen molar-refractivity contribution in [3.63, 3.8) is 0 Å². The van der Waals surface area contributed by atoms with Crippen molar-refractivity contribution < 1.29 is 19.1 Å². The number of methoxy groups -OCH3 is 1. The van der Waals surface area contributed by atoms with Gasteiger partial charge in [-0.05, 0) is 18.6 Å². The minimum atomic E-state index is -1.01. The van der Waals surface area contributed by atoms with Crippen molar-refractivity contribution >= 4 is 11.9 Å². The lowest BCUT2D eigenvalue weighted by atomic mass is 10.1. The molecule has 1 atom stereocenters. The van der Waals surface area contributed by atoms with Crippen LogP contribution in [0.15, 0.2) is 24.5 Å². The molecule has 1 rings (SSSR count). The van der Waals surface area contributed by atoms with E-state index in [0.29, 0.717) is 12.0 Å². The maximum atomic E-state index is 11.6. The molecule has 0 N–H and O–H groups in total. The Morgan fingerprint density at radius 2 is 2.00 bits per heavy atom. The highest BCUT2D eigenvalue weighted by molar-refractivity contribution is 5.80. The number of nitrogens with zero attached hydrogens (tertiary/aromatic N) is 1. The molecule has 1 aromatic heterocycles. The van der Waals surface area contributed by atoms with Gasteiger partial charge in [-0.1, -0.05) is 13.3 Å². The summed E-state index contributed by atoms with van der Waals surface area (Å²) in [5.74, 6) is -0.991. The lowest BCUT2D eigenvalue weighted by Gasteiger charge is -2.15. The summed E-state index contributed by atoms with van der Waals surface area (Å²) in [6, 6.07) is 3.24. The van der Waals surface area contributed by atoms with Crippen LogP contribution < -0.4 is 0 Å². The summed E-state index contributed by atoms with van der Waals surface area (Å²) in [7, 11) is 1.26. The van der Waals surface area contributed by atoms with Crippen LogP contribution in [0.1, 0.15) is 37.9 Å². The molecule has 0 radical (unpaired) electrons. The zero-order valence-corrected chi connectivity index (χ0v) is 10.6. The number of pyridine rings is 1. The van der Waals surface area contributed by atoms with Crippen LogP contribution in [-0.4, -0.2) is 24.0 Å². The second-order valence-electron chi connectivity index (χ2n) is 3.78. The number of esters is 2. The third-order valence-electron chi connectivity index (χ3n) is 2.41. The molecule has 1 aromatic rings. The van der Waals surface area contributed by atoms with Crippen LogP contribution >= 0.6 is 0 Å². The van der Waals surface area contributed by atoms with E-state index in [-0.39, 0.29) is 0 Å². The Morgan fingerprint density at radius 3 is 2.56 bits per heavy atom. The number of aromatic nitrogens is 1. The minimum absolute atomic E-state index is 0.301. The van der Waals surface area contributed by atoms with Gasteiger partial charge in [-0.25, -0.2) is 4.79 Å². The molecule has 5 nitrogen and oxygen atoms in total. The van der Waals surface area contributed by atoms with Crippen LogP contribution in [0.3, 0.4) is 0 Å². The monoisotopic (exact) mass is 251 g/mol. The number of hydrogen-bond donors (Lipinski definition) is 0. The van der Waals surface area contributed by atoms with Crippen molar-refractivity contribution in [3.8, 4) is 0 Å². The first-order valence-corrected chi connectivity index (χ1v) is 5.86. The zero-order chi connectivity index (χ0) is 13.4. The van der Waals surface area contributed by atoms with Crippen molar-refractivity contribution in [2.45, 2.75) is 32.3 Å². The number of hydrogen-bond acceptors (Lipinski definition) is 5. The molecular weight excluding hydrogens is 234 g/mol. The van der Waals surface area contributed by atoms with Crippen LogP contribution in [0.25, 0.3) is 0 Å². The average Bonchev–Trinajstić information content (AvgIpc) is 2.42. The fraction of sp³-hybridized carbons (Fsp3) is 0.462. The summed E-state index contributed by atoms with van der Waals surface area (Å²) < 4.78 is 9.79. The van der Waals surface area contributed by atoms with E-state index in [1.807, 2.05) is 6.92 Å². The van der Waals surface area contributed by atoms with E-state index in [0.717, 1.165) is 12.8 Å². The normalized spacial score (nSPS) is 11.7. The summed E-state index contributed by atoms with van der Waals surface area (Å²) in [4.78, 5) is 27.0. The van der Waals surface area contributed by atoms with Gasteiger partial charge in [0, 0.05) is 24.4 Å². The molecule has 0 spiro atoms. The predicted octanol–water partition coefficient (Wildman–Crippen LogP) is 2.03. The van der Waals surface area contributed by atoms with Gasteiger partial charge in [0.1, 0.15) is 0 Å². The first-order chi connectivity index (χ1) is 8.69. The van der Waals surface area contributed by atoms with Crippen LogP contribution in [0, 0.1) is 0 Å². The van der Waals surface area contributed by atoms with E-state index in [1.165, 1.54) is 19.5 Å². The van der Waals surface area contributed by atoms with E-state index in [4.69, 9.17) is 4.74 Å². The Balaban J connectivity index is 2.74. The molecule has 0 saturated heterocycles. The fourth-order valence-corrected chi connectivity index (χ4v) is 1.41. The molecule has 1 heterocycles. The van der Waals surface area contributed by atoms with E-state index in [9.17, 15) is 9.59 Å². The second-order valence-corrected chi connectivity index (χ2v) is 3.78. The highest BCUT2D eigenvalue weighted by Gasteiger charge is 2.25. The van der Waals surface area contributed by atoms with Gasteiger partial charge in [0.05, 0.1) is 7.11 Å². The smallest absolute Gasteiger partial charge is 0.351 e. The number of unbranched alkanes of at least 4 members (excludes halogenated alkanes) is 1. The highest BCUT2D eigenvalue weighted by Crippen LogP contribution is 2.19. The highest BCUT2D eigenvalue weighted by atomic mass is 16.6. The summed E-state index contributed by atoms with van der Waals surface area (Å²) in [5, 5.41) is 0. The Labute approximate surface area is 106 Å². The van der Waals surface area contributed by atoms with Gasteiger partial charge >= 0.3 is 11.9 Å². The molecule has 0 saturated carbocycles. The maximum absolute atomic E-state index is 11.6. The van der Waals surface area contributed by atoms with Gasteiger partial charge in [-0.15, -0.1) is 0 Å². The zero-order valence-electron chi connectivity index (χ0n) is 10.6. The van der Waals surface area contributed by atoms with Crippen molar-refractivity contribution in [2.75, 3.05) is 7.11 Å². The molecule has 0 aliphatic heterocycles. The summed E-state index contributed by atoms with van der Waals surface area (Å²) in [5.41, 5.74) is 0.557. The lowest BCUT2D eigenvalue weighted by molar-refractivity contribution is -0.166. The summed E-state index contributed by atoms with van der Waals surface area (Å²) >= 11 is 0. The predicted molar refractivity (Wildman–Crippen MR) is 64.6 cm³/mol. The lowest BCUT2D eigenvalue weighted by Crippen LogP contribution is -2.21. The summed E-state index contributed by atoms with van der Waals surface area (Å²) in [6.07, 6.45) is 3.99. The van der Waals surface area contributed by atoms with Crippen LogP contribution in [0.5, 0.6) is 0 Å². The third-order valence-corrected chi connectivity index (χ3v) is 2.41. The molecule has 1 unspecified atom stereocenters. The topological polar surface area (TPSA) is 65.5 Å². The molecule has 5 heteroatoms. The number of ether oxygens (including phenoxy) is 2. The van der Waals surface area contributed by atoms with Crippen molar-refractivity contribution in [1.82, 2.24) is 4.98 Å². The van der Waals surface area contributed by atoms with Gasteiger partial charge in [-0.2, -0.15) is 0 Å². The van der Waals surface area contributed by atoms with E-state index >= 15 is 0 Å². The summed E-state index contributed by atoms with van der Waals surface area (Å²) in [6.45, 7) is 1.98. The van der Waals surface area contributed by atoms with Crippen LogP contribution in [-0.2, 0) is 19.1 Å². The quantitative estimate of drug-likeness (QED) is 0.724. The van der Waals surface area contributed by atoms with Gasteiger partial charge in [-0.3, -0.25) is 9.78 Å². The third kappa shape index (κ3) is 4.16. The van der Waals surface area contributed by atoms with Crippen LogP contribution in [0.4, 0.5) is 0 Å². The number of carbonyl (C=O) groups excluding carboxylic acids is 2. The first-order valence-electron chi connectivity index (χ1n) is 5.86. The SMILES string of the molecule is CCCCC(=O)OC(C(=O)OC)c1ccncc1. The molecule has 0 amide bonds. The number of carbonyl (C=O) groups is 2. The first kappa shape index (κ1) is 14.2. The van der Waals surface area contributed by atoms with E-state index < -0.39 is 18.0 Å². The molecule has 0 aliphatic carbocycles. The standard InChI is InChI=1S/C13H17NO4/c1-3-4-5-11(15)18-12(13(16)17-2)10-6-8-14-9-7-10/h6-9,12H,3-5H2,1-2H3.